The SMILES string of the molecule is CCCC(Br)C[C@H](O)[C@@H](NS(=O)(=O)c1ccccc1)[C@@H](C)CC. The molecule has 0 heterocycles. The van der Waals surface area contributed by atoms with Crippen molar-refractivity contribution in [3.8, 4) is 0 Å². The maximum absolute atomic E-state index is 12.5. The van der Waals surface area contributed by atoms with Crippen molar-refractivity contribution < 1.29 is 13.5 Å². The summed E-state index contributed by atoms with van der Waals surface area (Å²) in [6, 6.07) is 7.79. The first kappa shape index (κ1) is 20.6. The summed E-state index contributed by atoms with van der Waals surface area (Å²) >= 11 is 3.57. The minimum absolute atomic E-state index is 0.0461. The van der Waals surface area contributed by atoms with Gasteiger partial charge in [-0.05, 0) is 30.9 Å². The van der Waals surface area contributed by atoms with E-state index < -0.39 is 22.2 Å². The maximum Gasteiger partial charge on any atom is 0.240 e. The van der Waals surface area contributed by atoms with Gasteiger partial charge in [0.25, 0.3) is 0 Å². The average Bonchev–Trinajstić information content (AvgIpc) is 2.52. The van der Waals surface area contributed by atoms with E-state index in [4.69, 9.17) is 0 Å². The number of sulfonamides is 1. The Morgan fingerprint density at radius 1 is 1.22 bits per heavy atom. The predicted octanol–water partition coefficient (Wildman–Crippen LogP) is 3.69. The molecule has 0 spiro atoms. The minimum atomic E-state index is -3.63. The molecule has 1 unspecified atom stereocenters. The van der Waals surface area contributed by atoms with Crippen LogP contribution in [0.5, 0.6) is 0 Å². The van der Waals surface area contributed by atoms with Crippen molar-refractivity contribution in [3.05, 3.63) is 30.3 Å². The van der Waals surface area contributed by atoms with Crippen molar-refractivity contribution in [2.45, 2.75) is 68.3 Å². The Labute approximate surface area is 148 Å². The lowest BCUT2D eigenvalue weighted by molar-refractivity contribution is 0.102. The number of nitrogens with one attached hydrogen (secondary N) is 1. The van der Waals surface area contributed by atoms with Crippen LogP contribution in [0.1, 0.15) is 46.5 Å². The predicted molar refractivity (Wildman–Crippen MR) is 98.3 cm³/mol. The first-order valence-electron chi connectivity index (χ1n) is 8.21. The van der Waals surface area contributed by atoms with Gasteiger partial charge in [-0.3, -0.25) is 0 Å². The summed E-state index contributed by atoms with van der Waals surface area (Å²) in [6.45, 7) is 6.05. The number of alkyl halides is 1. The second kappa shape index (κ2) is 9.77. The Hall–Kier alpha value is -0.430. The molecule has 2 N–H and O–H groups in total. The molecular formula is C17H28BrNO3S. The lowest BCUT2D eigenvalue weighted by atomic mass is 9.92. The fourth-order valence-electron chi connectivity index (χ4n) is 2.51. The number of rotatable bonds is 10. The van der Waals surface area contributed by atoms with Crippen molar-refractivity contribution in [2.75, 3.05) is 0 Å². The van der Waals surface area contributed by atoms with Gasteiger partial charge in [-0.15, -0.1) is 0 Å². The number of halogens is 1. The summed E-state index contributed by atoms with van der Waals surface area (Å²) in [5.41, 5.74) is 0. The Morgan fingerprint density at radius 2 is 1.83 bits per heavy atom. The fraction of sp³-hybridized carbons (Fsp3) is 0.647. The molecule has 0 radical (unpaired) electrons. The van der Waals surface area contributed by atoms with Gasteiger partial charge in [0.05, 0.1) is 17.0 Å². The van der Waals surface area contributed by atoms with E-state index in [-0.39, 0.29) is 15.6 Å². The fourth-order valence-corrected chi connectivity index (χ4v) is 4.75. The molecule has 132 valence electrons. The summed E-state index contributed by atoms with van der Waals surface area (Å²) in [6.07, 6.45) is 2.57. The van der Waals surface area contributed by atoms with Crippen LogP contribution in [0.15, 0.2) is 35.2 Å². The van der Waals surface area contributed by atoms with Crippen LogP contribution in [0, 0.1) is 5.92 Å². The lowest BCUT2D eigenvalue weighted by Crippen LogP contribution is -2.48. The van der Waals surface area contributed by atoms with Crippen LogP contribution in [-0.2, 0) is 10.0 Å². The number of aliphatic hydroxyl groups excluding tert-OH is 1. The highest BCUT2D eigenvalue weighted by molar-refractivity contribution is 9.09. The molecule has 0 amide bonds. The summed E-state index contributed by atoms with van der Waals surface area (Å²) < 4.78 is 27.8. The largest absolute Gasteiger partial charge is 0.391 e. The molecule has 23 heavy (non-hydrogen) atoms. The van der Waals surface area contributed by atoms with E-state index in [1.807, 2.05) is 13.8 Å². The molecule has 0 aliphatic rings. The van der Waals surface area contributed by atoms with Gasteiger partial charge in [-0.1, -0.05) is 67.7 Å². The monoisotopic (exact) mass is 405 g/mol. The molecule has 0 saturated heterocycles. The molecule has 0 bridgehead atoms. The van der Waals surface area contributed by atoms with Gasteiger partial charge in [0.1, 0.15) is 0 Å². The third kappa shape index (κ3) is 6.53. The van der Waals surface area contributed by atoms with Crippen molar-refractivity contribution in [3.63, 3.8) is 0 Å². The zero-order chi connectivity index (χ0) is 17.5. The van der Waals surface area contributed by atoms with Gasteiger partial charge in [0.15, 0.2) is 0 Å². The van der Waals surface area contributed by atoms with E-state index in [1.54, 1.807) is 30.3 Å². The van der Waals surface area contributed by atoms with Gasteiger partial charge in [0, 0.05) is 4.83 Å². The third-order valence-corrected chi connectivity index (χ3v) is 6.42. The second-order valence-electron chi connectivity index (χ2n) is 6.03. The topological polar surface area (TPSA) is 66.4 Å². The Bertz CT molecular complexity index is 550. The van der Waals surface area contributed by atoms with Gasteiger partial charge >= 0.3 is 0 Å². The third-order valence-electron chi connectivity index (χ3n) is 4.12. The number of benzene rings is 1. The first-order valence-corrected chi connectivity index (χ1v) is 10.6. The molecular weight excluding hydrogens is 378 g/mol. The van der Waals surface area contributed by atoms with Crippen molar-refractivity contribution >= 4 is 26.0 Å². The zero-order valence-corrected chi connectivity index (χ0v) is 16.5. The van der Waals surface area contributed by atoms with Crippen LogP contribution in [-0.4, -0.2) is 30.5 Å². The van der Waals surface area contributed by atoms with Crippen LogP contribution in [0.4, 0.5) is 0 Å². The van der Waals surface area contributed by atoms with E-state index in [9.17, 15) is 13.5 Å². The molecule has 0 fully saturated rings. The molecule has 1 rings (SSSR count). The molecule has 4 atom stereocenters. The zero-order valence-electron chi connectivity index (χ0n) is 14.1. The van der Waals surface area contributed by atoms with Crippen LogP contribution < -0.4 is 4.72 Å². The van der Waals surface area contributed by atoms with E-state index >= 15 is 0 Å². The van der Waals surface area contributed by atoms with Crippen LogP contribution >= 0.6 is 15.9 Å². The number of aliphatic hydroxyl groups is 1. The molecule has 0 aliphatic heterocycles. The normalized spacial score (nSPS) is 17.4. The first-order chi connectivity index (χ1) is 10.8. The highest BCUT2D eigenvalue weighted by atomic mass is 79.9. The lowest BCUT2D eigenvalue weighted by Gasteiger charge is -2.30. The van der Waals surface area contributed by atoms with E-state index in [0.717, 1.165) is 19.3 Å². The minimum Gasteiger partial charge on any atom is -0.391 e. The molecule has 4 nitrogen and oxygen atoms in total. The standard InChI is InChI=1S/C17H28BrNO3S/c1-4-9-14(18)12-16(20)17(13(3)5-2)19-23(21,22)15-10-7-6-8-11-15/h6-8,10-11,13-14,16-17,19-20H,4-5,9,12H2,1-3H3/t13-,14?,16-,17-/m0/s1. The van der Waals surface area contributed by atoms with E-state index in [0.29, 0.717) is 6.42 Å². The maximum atomic E-state index is 12.5. The van der Waals surface area contributed by atoms with Crippen molar-refractivity contribution in [1.82, 2.24) is 4.72 Å². The van der Waals surface area contributed by atoms with Crippen molar-refractivity contribution in [2.24, 2.45) is 5.92 Å². The molecule has 0 saturated carbocycles. The Kier molecular flexibility index (Phi) is 8.75. The molecule has 1 aromatic carbocycles. The Balaban J connectivity index is 2.90. The van der Waals surface area contributed by atoms with Gasteiger partial charge in [0.2, 0.25) is 10.0 Å². The molecule has 6 heteroatoms. The average molecular weight is 406 g/mol. The second-order valence-corrected chi connectivity index (χ2v) is 9.04. The summed E-state index contributed by atoms with van der Waals surface area (Å²) in [5.74, 6) is 0.0461. The quantitative estimate of drug-likeness (QED) is 0.583. The number of hydrogen-bond acceptors (Lipinski definition) is 3. The van der Waals surface area contributed by atoms with E-state index in [1.165, 1.54) is 0 Å². The molecule has 1 aromatic rings. The van der Waals surface area contributed by atoms with Gasteiger partial charge in [-0.2, -0.15) is 0 Å². The highest BCUT2D eigenvalue weighted by Crippen LogP contribution is 2.22. The summed E-state index contributed by atoms with van der Waals surface area (Å²) in [5, 5.41) is 10.6. The van der Waals surface area contributed by atoms with Gasteiger partial charge in [-0.25, -0.2) is 13.1 Å². The smallest absolute Gasteiger partial charge is 0.240 e. The van der Waals surface area contributed by atoms with Crippen LogP contribution in [0.25, 0.3) is 0 Å². The van der Waals surface area contributed by atoms with Crippen LogP contribution in [0.2, 0.25) is 0 Å². The summed E-state index contributed by atoms with van der Waals surface area (Å²) in [4.78, 5) is 0.416. The Morgan fingerprint density at radius 3 is 2.35 bits per heavy atom. The van der Waals surface area contributed by atoms with Crippen molar-refractivity contribution in [1.29, 1.82) is 0 Å². The molecule has 0 aliphatic carbocycles. The van der Waals surface area contributed by atoms with Crippen LogP contribution in [0.3, 0.4) is 0 Å². The van der Waals surface area contributed by atoms with Gasteiger partial charge < -0.3 is 5.11 Å². The highest BCUT2D eigenvalue weighted by Gasteiger charge is 2.30. The van der Waals surface area contributed by atoms with E-state index in [2.05, 4.69) is 27.6 Å². The summed E-state index contributed by atoms with van der Waals surface area (Å²) in [7, 11) is -3.63. The number of hydrogen-bond donors (Lipinski definition) is 2. The molecule has 0 aromatic heterocycles.